The van der Waals surface area contributed by atoms with Crippen LogP contribution in [0.5, 0.6) is 0 Å². The molecule has 0 fully saturated rings. The summed E-state index contributed by atoms with van der Waals surface area (Å²) in [6.07, 6.45) is 2.35. The van der Waals surface area contributed by atoms with Crippen molar-refractivity contribution in [3.63, 3.8) is 0 Å². The molecule has 2 N–H and O–H groups in total. The number of aromatic nitrogens is 1. The van der Waals surface area contributed by atoms with Crippen LogP contribution in [0.1, 0.15) is 37.3 Å². The van der Waals surface area contributed by atoms with Crippen LogP contribution in [-0.4, -0.2) is 16.8 Å². The minimum absolute atomic E-state index is 0.0124. The first-order valence-corrected chi connectivity index (χ1v) is 10.8. The first-order chi connectivity index (χ1) is 13.4. The van der Waals surface area contributed by atoms with Gasteiger partial charge in [-0.3, -0.25) is 9.59 Å². The molecule has 7 heteroatoms. The maximum atomic E-state index is 12.3. The number of hydrogen-bond acceptors (Lipinski definition) is 4. The minimum atomic E-state index is -0.0151. The Balaban J connectivity index is 1.59. The number of anilines is 2. The lowest BCUT2D eigenvalue weighted by atomic mass is 10.1. The molecule has 0 aliphatic rings. The lowest BCUT2D eigenvalue weighted by Crippen LogP contribution is -2.12. The van der Waals surface area contributed by atoms with E-state index in [0.29, 0.717) is 24.4 Å². The van der Waals surface area contributed by atoms with E-state index in [9.17, 15) is 9.59 Å². The van der Waals surface area contributed by atoms with E-state index < -0.39 is 0 Å². The predicted octanol–water partition coefficient (Wildman–Crippen LogP) is 5.68. The molecule has 0 aliphatic heterocycles. The molecule has 0 aliphatic carbocycles. The summed E-state index contributed by atoms with van der Waals surface area (Å²) >= 11 is 4.92. The lowest BCUT2D eigenvalue weighted by Gasteiger charge is -2.07. The predicted molar refractivity (Wildman–Crippen MR) is 119 cm³/mol. The first kappa shape index (κ1) is 20.5. The van der Waals surface area contributed by atoms with E-state index in [-0.39, 0.29) is 11.8 Å². The molecule has 0 spiro atoms. The van der Waals surface area contributed by atoms with Gasteiger partial charge in [0.1, 0.15) is 0 Å². The summed E-state index contributed by atoms with van der Waals surface area (Å²) in [6.45, 7) is 3.96. The van der Waals surface area contributed by atoms with E-state index in [1.807, 2.05) is 50.2 Å². The van der Waals surface area contributed by atoms with Gasteiger partial charge in [0, 0.05) is 23.0 Å². The fourth-order valence-electron chi connectivity index (χ4n) is 2.79. The van der Waals surface area contributed by atoms with Gasteiger partial charge in [-0.25, -0.2) is 4.98 Å². The highest BCUT2D eigenvalue weighted by atomic mass is 79.9. The molecule has 3 rings (SSSR count). The summed E-state index contributed by atoms with van der Waals surface area (Å²) in [5.41, 5.74) is 3.81. The largest absolute Gasteiger partial charge is 0.326 e. The summed E-state index contributed by atoms with van der Waals surface area (Å²) < 4.78 is 2.03. The second-order valence-corrected chi connectivity index (χ2v) is 8.52. The van der Waals surface area contributed by atoms with Gasteiger partial charge >= 0.3 is 0 Å². The third-order valence-corrected chi connectivity index (χ3v) is 6.08. The zero-order valence-electron chi connectivity index (χ0n) is 15.8. The van der Waals surface area contributed by atoms with Crippen LogP contribution >= 0.6 is 27.3 Å². The smallest absolute Gasteiger partial charge is 0.226 e. The number of amides is 2. The van der Waals surface area contributed by atoms with E-state index in [1.54, 1.807) is 0 Å². The van der Waals surface area contributed by atoms with Crippen LogP contribution in [0.4, 0.5) is 10.8 Å². The highest BCUT2D eigenvalue weighted by Gasteiger charge is 2.09. The summed E-state index contributed by atoms with van der Waals surface area (Å²) in [5.74, 6) is -0.0275. The van der Waals surface area contributed by atoms with Crippen LogP contribution < -0.4 is 10.6 Å². The maximum absolute atomic E-state index is 12.3. The lowest BCUT2D eigenvalue weighted by molar-refractivity contribution is -0.117. The van der Waals surface area contributed by atoms with Crippen molar-refractivity contribution in [2.45, 2.75) is 39.5 Å². The molecule has 1 heterocycles. The molecular weight excluding hydrogens is 438 g/mol. The fraction of sp³-hybridized carbons (Fsp3) is 0.286. The number of thiazole rings is 1. The quantitative estimate of drug-likeness (QED) is 0.477. The zero-order valence-corrected chi connectivity index (χ0v) is 18.2. The number of carbonyl (C=O) groups is 2. The second-order valence-electron chi connectivity index (χ2n) is 6.63. The zero-order chi connectivity index (χ0) is 20.1. The Labute approximate surface area is 176 Å². The Morgan fingerprint density at radius 2 is 1.86 bits per heavy atom. The number of nitrogens with one attached hydrogen (secondary N) is 2. The minimum Gasteiger partial charge on any atom is -0.326 e. The van der Waals surface area contributed by atoms with Gasteiger partial charge in [0.15, 0.2) is 5.13 Å². The van der Waals surface area contributed by atoms with E-state index >= 15 is 0 Å². The average molecular weight is 460 g/mol. The van der Waals surface area contributed by atoms with Gasteiger partial charge in [-0.05, 0) is 61.2 Å². The molecule has 0 unspecified atom stereocenters. The molecule has 3 aromatic rings. The third-order valence-electron chi connectivity index (χ3n) is 4.26. The SMILES string of the molecule is CCCC(=O)Nc1nc2ccc(CCC(=O)Nc3ccc(Br)c(C)c3)cc2s1. The Bertz CT molecular complexity index is 1020. The van der Waals surface area contributed by atoms with Crippen molar-refractivity contribution in [2.24, 2.45) is 0 Å². The summed E-state index contributed by atoms with van der Waals surface area (Å²) in [6, 6.07) is 11.7. The van der Waals surface area contributed by atoms with E-state index in [2.05, 4.69) is 31.5 Å². The van der Waals surface area contributed by atoms with E-state index in [1.165, 1.54) is 11.3 Å². The van der Waals surface area contributed by atoms with Gasteiger partial charge < -0.3 is 10.6 Å². The number of hydrogen-bond donors (Lipinski definition) is 2. The number of aryl methyl sites for hydroxylation is 2. The maximum Gasteiger partial charge on any atom is 0.226 e. The highest BCUT2D eigenvalue weighted by molar-refractivity contribution is 9.10. The Morgan fingerprint density at radius 1 is 1.07 bits per heavy atom. The van der Waals surface area contributed by atoms with Crippen LogP contribution in [0.25, 0.3) is 10.2 Å². The van der Waals surface area contributed by atoms with E-state index in [4.69, 9.17) is 0 Å². The van der Waals surface area contributed by atoms with Gasteiger partial charge in [-0.15, -0.1) is 0 Å². The van der Waals surface area contributed by atoms with Crippen LogP contribution in [0, 0.1) is 6.92 Å². The first-order valence-electron chi connectivity index (χ1n) is 9.20. The molecule has 2 aromatic carbocycles. The number of fused-ring (bicyclic) bond motifs is 1. The molecule has 0 bridgehead atoms. The van der Waals surface area contributed by atoms with Crippen molar-refractivity contribution in [3.05, 3.63) is 52.0 Å². The molecule has 2 amide bonds. The summed E-state index contributed by atoms with van der Waals surface area (Å²) in [7, 11) is 0. The summed E-state index contributed by atoms with van der Waals surface area (Å²) in [5, 5.41) is 6.40. The number of benzene rings is 2. The van der Waals surface area contributed by atoms with Gasteiger partial charge in [-0.2, -0.15) is 0 Å². The van der Waals surface area contributed by atoms with Gasteiger partial charge in [0.25, 0.3) is 0 Å². The molecule has 1 aromatic heterocycles. The average Bonchev–Trinajstić information content (AvgIpc) is 3.04. The molecule has 0 saturated carbocycles. The standard InChI is InChI=1S/C21H22BrN3O2S/c1-3-4-19(26)25-21-24-17-9-5-14(12-18(17)28-21)6-10-20(27)23-15-7-8-16(22)13(2)11-15/h5,7-9,11-12H,3-4,6,10H2,1-2H3,(H,23,27)(H,24,25,26). The Hall–Kier alpha value is -2.25. The van der Waals surface area contributed by atoms with Crippen LogP contribution in [-0.2, 0) is 16.0 Å². The van der Waals surface area contributed by atoms with Crippen LogP contribution in [0.2, 0.25) is 0 Å². The van der Waals surface area contributed by atoms with Crippen molar-refractivity contribution < 1.29 is 9.59 Å². The van der Waals surface area contributed by atoms with Crippen molar-refractivity contribution in [3.8, 4) is 0 Å². The number of rotatable bonds is 7. The summed E-state index contributed by atoms with van der Waals surface area (Å²) in [4.78, 5) is 28.4. The van der Waals surface area contributed by atoms with Crippen molar-refractivity contribution in [2.75, 3.05) is 10.6 Å². The molecule has 0 atom stereocenters. The molecule has 0 saturated heterocycles. The Morgan fingerprint density at radius 3 is 2.61 bits per heavy atom. The van der Waals surface area contributed by atoms with Crippen molar-refractivity contribution in [1.82, 2.24) is 4.98 Å². The Kier molecular flexibility index (Phi) is 6.80. The van der Waals surface area contributed by atoms with Crippen LogP contribution in [0.3, 0.4) is 0 Å². The third kappa shape index (κ3) is 5.39. The van der Waals surface area contributed by atoms with Crippen molar-refractivity contribution >= 4 is 60.1 Å². The van der Waals surface area contributed by atoms with Gasteiger partial charge in [0.2, 0.25) is 11.8 Å². The van der Waals surface area contributed by atoms with Crippen LogP contribution in [0.15, 0.2) is 40.9 Å². The molecule has 0 radical (unpaired) electrons. The normalized spacial score (nSPS) is 10.8. The molecular formula is C21H22BrN3O2S. The topological polar surface area (TPSA) is 71.1 Å². The van der Waals surface area contributed by atoms with Gasteiger partial charge in [0.05, 0.1) is 10.2 Å². The number of halogens is 1. The number of nitrogens with zero attached hydrogens (tertiary/aromatic N) is 1. The number of carbonyl (C=O) groups excluding carboxylic acids is 2. The molecule has 5 nitrogen and oxygen atoms in total. The van der Waals surface area contributed by atoms with E-state index in [0.717, 1.165) is 37.9 Å². The fourth-order valence-corrected chi connectivity index (χ4v) is 3.98. The molecule has 28 heavy (non-hydrogen) atoms. The van der Waals surface area contributed by atoms with Gasteiger partial charge in [-0.1, -0.05) is 40.3 Å². The monoisotopic (exact) mass is 459 g/mol. The van der Waals surface area contributed by atoms with Crippen molar-refractivity contribution in [1.29, 1.82) is 0 Å². The highest BCUT2D eigenvalue weighted by Crippen LogP contribution is 2.27. The molecule has 146 valence electrons. The second kappa shape index (κ2) is 9.30.